The van der Waals surface area contributed by atoms with E-state index in [1.54, 1.807) is 12.1 Å². The number of fused-ring (bicyclic) bond motifs is 2. The second-order valence-corrected chi connectivity index (χ2v) is 6.16. The molecule has 6 heteroatoms. The molecule has 116 valence electrons. The van der Waals surface area contributed by atoms with Crippen LogP contribution in [0.2, 0.25) is 0 Å². The number of carbonyl (C=O) groups excluding carboxylic acids is 2. The van der Waals surface area contributed by atoms with Crippen LogP contribution in [-0.2, 0) is 4.79 Å². The van der Waals surface area contributed by atoms with Crippen molar-refractivity contribution in [2.45, 2.75) is 32.1 Å². The molecule has 23 heavy (non-hydrogen) atoms. The monoisotopic (exact) mass is 322 g/mol. The molecule has 1 amide bonds. The van der Waals surface area contributed by atoms with Crippen molar-refractivity contribution in [3.05, 3.63) is 35.9 Å². The van der Waals surface area contributed by atoms with Crippen LogP contribution < -0.4 is 40.1 Å². The minimum Gasteiger partial charge on any atom is -0.550 e. The van der Waals surface area contributed by atoms with E-state index >= 15 is 0 Å². The summed E-state index contributed by atoms with van der Waals surface area (Å²) in [6, 6.07) is 8.95. The van der Waals surface area contributed by atoms with Crippen molar-refractivity contribution >= 4 is 17.6 Å². The van der Waals surface area contributed by atoms with Gasteiger partial charge in [0, 0.05) is 17.2 Å². The van der Waals surface area contributed by atoms with Crippen molar-refractivity contribution in [3.63, 3.8) is 0 Å². The van der Waals surface area contributed by atoms with Crippen LogP contribution >= 0.6 is 0 Å². The van der Waals surface area contributed by atoms with Gasteiger partial charge in [-0.1, -0.05) is 24.6 Å². The van der Waals surface area contributed by atoms with Crippen LogP contribution in [-0.4, -0.2) is 17.6 Å². The van der Waals surface area contributed by atoms with E-state index in [2.05, 4.69) is 10.5 Å². The number of hydrazone groups is 1. The van der Waals surface area contributed by atoms with Crippen molar-refractivity contribution in [3.8, 4) is 0 Å². The first kappa shape index (κ1) is 18.2. The average Bonchev–Trinajstić information content (AvgIpc) is 2.52. The van der Waals surface area contributed by atoms with E-state index in [1.807, 2.05) is 18.2 Å². The van der Waals surface area contributed by atoms with Crippen LogP contribution in [0.25, 0.3) is 0 Å². The summed E-state index contributed by atoms with van der Waals surface area (Å²) in [6.07, 6.45) is 4.15. The Morgan fingerprint density at radius 2 is 1.70 bits per heavy atom. The molecule has 0 spiro atoms. The zero-order chi connectivity index (χ0) is 15.5. The quantitative estimate of drug-likeness (QED) is 0.535. The van der Waals surface area contributed by atoms with Crippen molar-refractivity contribution in [2.24, 2.45) is 22.9 Å². The Labute approximate surface area is 157 Å². The third-order valence-corrected chi connectivity index (χ3v) is 4.74. The summed E-state index contributed by atoms with van der Waals surface area (Å²) < 4.78 is 0. The normalized spacial score (nSPS) is 25.9. The Morgan fingerprint density at radius 1 is 1.09 bits per heavy atom. The molecule has 0 aliphatic heterocycles. The summed E-state index contributed by atoms with van der Waals surface area (Å²) in [7, 11) is 0. The minimum atomic E-state index is -0.954. The standard InChI is InChI=1S/C17H20N2O3.Na/c20-16(11-5-2-1-3-6-11)19-18-15-12-7-4-8-13(15)10-14(9-12)17(21)22;/h1-3,5-6,12-14H,4,7-10H2,(H,19,20)(H,21,22);/q;+1/p-1. The van der Waals surface area contributed by atoms with Crippen LogP contribution in [0.1, 0.15) is 42.5 Å². The molecule has 0 radical (unpaired) electrons. The molecule has 3 rings (SSSR count). The number of hydrogen-bond acceptors (Lipinski definition) is 4. The molecule has 2 aliphatic carbocycles. The first-order valence-corrected chi connectivity index (χ1v) is 7.79. The van der Waals surface area contributed by atoms with Gasteiger partial charge in [-0.2, -0.15) is 5.10 Å². The van der Waals surface area contributed by atoms with Gasteiger partial charge in [-0.3, -0.25) is 4.79 Å². The van der Waals surface area contributed by atoms with E-state index in [4.69, 9.17) is 0 Å². The van der Waals surface area contributed by atoms with Gasteiger partial charge >= 0.3 is 29.6 Å². The fourth-order valence-electron chi connectivity index (χ4n) is 3.64. The number of benzene rings is 1. The maximum atomic E-state index is 12.1. The van der Waals surface area contributed by atoms with Gasteiger partial charge in [0.05, 0.1) is 0 Å². The van der Waals surface area contributed by atoms with Gasteiger partial charge in [0.2, 0.25) is 0 Å². The number of hydrogen-bond donors (Lipinski definition) is 1. The summed E-state index contributed by atoms with van der Waals surface area (Å²) in [6.45, 7) is 0. The molecule has 0 heterocycles. The van der Waals surface area contributed by atoms with Gasteiger partial charge in [-0.05, 0) is 55.6 Å². The molecule has 1 aromatic carbocycles. The fraction of sp³-hybridized carbons (Fsp3) is 0.471. The average molecular weight is 322 g/mol. The van der Waals surface area contributed by atoms with Gasteiger partial charge in [-0.25, -0.2) is 5.43 Å². The largest absolute Gasteiger partial charge is 1.00 e. The molecule has 5 nitrogen and oxygen atoms in total. The third-order valence-electron chi connectivity index (χ3n) is 4.74. The zero-order valence-corrected chi connectivity index (χ0v) is 15.3. The van der Waals surface area contributed by atoms with E-state index in [-0.39, 0.29) is 53.2 Å². The smallest absolute Gasteiger partial charge is 0.550 e. The maximum Gasteiger partial charge on any atom is 1.00 e. The number of carbonyl (C=O) groups is 2. The minimum absolute atomic E-state index is 0. The van der Waals surface area contributed by atoms with Crippen molar-refractivity contribution in [2.75, 3.05) is 0 Å². The summed E-state index contributed by atoms with van der Waals surface area (Å²) in [5.74, 6) is -1.24. The van der Waals surface area contributed by atoms with Gasteiger partial charge in [0.25, 0.3) is 5.91 Å². The third kappa shape index (κ3) is 4.22. The van der Waals surface area contributed by atoms with Crippen LogP contribution in [0.15, 0.2) is 35.4 Å². The summed E-state index contributed by atoms with van der Waals surface area (Å²) in [5.41, 5.74) is 4.16. The summed E-state index contributed by atoms with van der Waals surface area (Å²) in [5, 5.41) is 15.5. The predicted octanol–water partition coefficient (Wildman–Crippen LogP) is -1.65. The first-order chi connectivity index (χ1) is 10.6. The van der Waals surface area contributed by atoms with Crippen LogP contribution in [0.3, 0.4) is 0 Å². The first-order valence-electron chi connectivity index (χ1n) is 7.79. The summed E-state index contributed by atoms with van der Waals surface area (Å²) in [4.78, 5) is 23.2. The van der Waals surface area contributed by atoms with Crippen LogP contribution in [0.5, 0.6) is 0 Å². The molecule has 2 aliphatic rings. The molecule has 2 unspecified atom stereocenters. The van der Waals surface area contributed by atoms with Crippen LogP contribution in [0.4, 0.5) is 0 Å². The number of amides is 1. The van der Waals surface area contributed by atoms with E-state index in [9.17, 15) is 14.7 Å². The number of carboxylic acid groups (broad SMARTS) is 1. The second-order valence-electron chi connectivity index (χ2n) is 6.16. The molecule has 2 bridgehead atoms. The van der Waals surface area contributed by atoms with E-state index in [0.717, 1.165) is 25.0 Å². The second kappa shape index (κ2) is 8.08. The van der Waals surface area contributed by atoms with Crippen molar-refractivity contribution < 1.29 is 44.3 Å². The van der Waals surface area contributed by atoms with E-state index in [0.29, 0.717) is 18.4 Å². The van der Waals surface area contributed by atoms with Gasteiger partial charge < -0.3 is 9.90 Å². The van der Waals surface area contributed by atoms with Crippen molar-refractivity contribution in [1.29, 1.82) is 0 Å². The van der Waals surface area contributed by atoms with E-state index < -0.39 is 5.97 Å². The van der Waals surface area contributed by atoms with Gasteiger partial charge in [0.15, 0.2) is 0 Å². The molecule has 2 saturated carbocycles. The van der Waals surface area contributed by atoms with Gasteiger partial charge in [-0.15, -0.1) is 0 Å². The summed E-state index contributed by atoms with van der Waals surface area (Å²) >= 11 is 0. The van der Waals surface area contributed by atoms with Gasteiger partial charge in [0.1, 0.15) is 0 Å². The Kier molecular flexibility index (Phi) is 6.39. The Balaban J connectivity index is 0.00000192. The van der Waals surface area contributed by atoms with E-state index in [1.165, 1.54) is 0 Å². The zero-order valence-electron chi connectivity index (χ0n) is 13.3. The molecule has 2 atom stereocenters. The Bertz CT molecular complexity index is 587. The Morgan fingerprint density at radius 3 is 2.26 bits per heavy atom. The molecular weight excluding hydrogens is 303 g/mol. The van der Waals surface area contributed by atoms with Crippen LogP contribution in [0, 0.1) is 17.8 Å². The molecule has 2 fully saturated rings. The predicted molar refractivity (Wildman–Crippen MR) is 79.9 cm³/mol. The maximum absolute atomic E-state index is 12.1. The molecule has 0 aromatic heterocycles. The number of nitrogens with one attached hydrogen (secondary N) is 1. The number of rotatable bonds is 3. The number of aliphatic carboxylic acids is 1. The molecule has 1 aromatic rings. The molecule has 0 saturated heterocycles. The Hall–Kier alpha value is -1.17. The fourth-order valence-corrected chi connectivity index (χ4v) is 3.64. The number of carboxylic acids is 1. The number of nitrogens with zero attached hydrogens (tertiary/aromatic N) is 1. The molecular formula is C17H19N2NaO3. The SMILES string of the molecule is O=C(NN=C1C2CCCC1CC(C(=O)[O-])C2)c1ccccc1.[Na+]. The molecule has 1 N–H and O–H groups in total. The topological polar surface area (TPSA) is 81.6 Å². The van der Waals surface area contributed by atoms with Crippen molar-refractivity contribution in [1.82, 2.24) is 5.43 Å².